The lowest BCUT2D eigenvalue weighted by atomic mass is 10.1. The van der Waals surface area contributed by atoms with E-state index < -0.39 is 5.97 Å². The van der Waals surface area contributed by atoms with Crippen LogP contribution in [0.2, 0.25) is 0 Å². The Kier molecular flexibility index (Phi) is 4.06. The van der Waals surface area contributed by atoms with E-state index in [2.05, 4.69) is 15.5 Å². The molecule has 0 radical (unpaired) electrons. The van der Waals surface area contributed by atoms with Crippen LogP contribution < -0.4 is 0 Å². The number of carbonyl (C=O) groups excluding carboxylic acids is 1. The summed E-state index contributed by atoms with van der Waals surface area (Å²) in [5.74, 6) is -0.00455. The zero-order valence-corrected chi connectivity index (χ0v) is 11.7. The zero-order valence-electron chi connectivity index (χ0n) is 11.7. The number of hydrogen-bond acceptors (Lipinski definition) is 6. The van der Waals surface area contributed by atoms with Crippen molar-refractivity contribution in [1.29, 1.82) is 0 Å². The van der Waals surface area contributed by atoms with Crippen molar-refractivity contribution in [3.8, 4) is 11.4 Å². The SMILES string of the molecule is O=C(Cn1nnnc1-c1ccc2ccccc2c1)OCCO. The smallest absolute Gasteiger partial charge is 0.328 e. The van der Waals surface area contributed by atoms with E-state index in [4.69, 9.17) is 9.84 Å². The van der Waals surface area contributed by atoms with Crippen molar-refractivity contribution < 1.29 is 14.6 Å². The van der Waals surface area contributed by atoms with E-state index in [1.807, 2.05) is 42.5 Å². The molecule has 0 amide bonds. The third kappa shape index (κ3) is 2.94. The van der Waals surface area contributed by atoms with Crippen LogP contribution in [0.3, 0.4) is 0 Å². The molecule has 0 aliphatic heterocycles. The summed E-state index contributed by atoms with van der Waals surface area (Å²) in [4.78, 5) is 11.6. The highest BCUT2D eigenvalue weighted by atomic mass is 16.5. The number of aliphatic hydroxyl groups is 1. The summed E-state index contributed by atoms with van der Waals surface area (Å²) in [6.07, 6.45) is 0. The Morgan fingerprint density at radius 1 is 1.18 bits per heavy atom. The minimum atomic E-state index is -0.497. The molecule has 112 valence electrons. The normalized spacial score (nSPS) is 10.8. The van der Waals surface area contributed by atoms with Crippen molar-refractivity contribution in [2.24, 2.45) is 0 Å². The number of ether oxygens (including phenoxy) is 1. The quantitative estimate of drug-likeness (QED) is 0.708. The summed E-state index contributed by atoms with van der Waals surface area (Å²) in [5, 5.41) is 22.2. The first-order valence-electron chi connectivity index (χ1n) is 6.80. The minimum Gasteiger partial charge on any atom is -0.462 e. The molecule has 2 aromatic carbocycles. The number of hydrogen-bond donors (Lipinski definition) is 1. The second kappa shape index (κ2) is 6.31. The minimum absolute atomic E-state index is 0.0354. The van der Waals surface area contributed by atoms with E-state index in [0.717, 1.165) is 16.3 Å². The molecule has 1 heterocycles. The highest BCUT2D eigenvalue weighted by Gasteiger charge is 2.13. The Labute approximate surface area is 126 Å². The summed E-state index contributed by atoms with van der Waals surface area (Å²) in [7, 11) is 0. The first-order valence-corrected chi connectivity index (χ1v) is 6.80. The molecule has 7 nitrogen and oxygen atoms in total. The molecule has 1 aromatic heterocycles. The van der Waals surface area contributed by atoms with E-state index in [1.165, 1.54) is 4.68 Å². The van der Waals surface area contributed by atoms with E-state index >= 15 is 0 Å². The van der Waals surface area contributed by atoms with Crippen LogP contribution in [-0.2, 0) is 16.1 Å². The molecule has 0 aliphatic carbocycles. The summed E-state index contributed by atoms with van der Waals surface area (Å²) in [5.41, 5.74) is 0.818. The van der Waals surface area contributed by atoms with Gasteiger partial charge in [-0.2, -0.15) is 0 Å². The van der Waals surface area contributed by atoms with Gasteiger partial charge < -0.3 is 9.84 Å². The van der Waals surface area contributed by atoms with Crippen LogP contribution in [0.4, 0.5) is 0 Å². The molecule has 0 unspecified atom stereocenters. The van der Waals surface area contributed by atoms with Gasteiger partial charge in [0.25, 0.3) is 0 Å². The highest BCUT2D eigenvalue weighted by Crippen LogP contribution is 2.22. The van der Waals surface area contributed by atoms with Gasteiger partial charge in [-0.3, -0.25) is 4.79 Å². The van der Waals surface area contributed by atoms with Crippen molar-refractivity contribution in [2.45, 2.75) is 6.54 Å². The standard InChI is InChI=1S/C15H14N4O3/c20-7-8-22-14(21)10-19-15(16-17-18-19)13-6-5-11-3-1-2-4-12(11)9-13/h1-6,9,20H,7-8,10H2. The van der Waals surface area contributed by atoms with Crippen LogP contribution >= 0.6 is 0 Å². The molecule has 0 spiro atoms. The van der Waals surface area contributed by atoms with Crippen molar-refractivity contribution in [3.05, 3.63) is 42.5 Å². The fourth-order valence-electron chi connectivity index (χ4n) is 2.17. The zero-order chi connectivity index (χ0) is 15.4. The topological polar surface area (TPSA) is 90.1 Å². The summed E-state index contributed by atoms with van der Waals surface area (Å²) < 4.78 is 6.20. The van der Waals surface area contributed by atoms with Gasteiger partial charge >= 0.3 is 5.97 Å². The Morgan fingerprint density at radius 2 is 2.00 bits per heavy atom. The van der Waals surface area contributed by atoms with Crippen LogP contribution in [0, 0.1) is 0 Å². The van der Waals surface area contributed by atoms with E-state index in [-0.39, 0.29) is 19.8 Å². The van der Waals surface area contributed by atoms with Crippen molar-refractivity contribution in [3.63, 3.8) is 0 Å². The van der Waals surface area contributed by atoms with Gasteiger partial charge in [0, 0.05) is 5.56 Å². The molecular weight excluding hydrogens is 284 g/mol. The highest BCUT2D eigenvalue weighted by molar-refractivity contribution is 5.86. The van der Waals surface area contributed by atoms with Crippen LogP contribution in [0.1, 0.15) is 0 Å². The number of fused-ring (bicyclic) bond motifs is 1. The lowest BCUT2D eigenvalue weighted by molar-refractivity contribution is -0.145. The molecule has 0 bridgehead atoms. The Hall–Kier alpha value is -2.80. The first kappa shape index (κ1) is 14.2. The number of tetrazole rings is 1. The maximum absolute atomic E-state index is 11.6. The molecular formula is C15H14N4O3. The van der Waals surface area contributed by atoms with Crippen molar-refractivity contribution in [2.75, 3.05) is 13.2 Å². The maximum atomic E-state index is 11.6. The molecule has 0 saturated carbocycles. The molecule has 7 heteroatoms. The predicted molar refractivity (Wildman–Crippen MR) is 78.8 cm³/mol. The van der Waals surface area contributed by atoms with Gasteiger partial charge in [-0.1, -0.05) is 36.4 Å². The van der Waals surface area contributed by atoms with Gasteiger partial charge in [0.15, 0.2) is 5.82 Å². The number of aromatic nitrogens is 4. The van der Waals surface area contributed by atoms with Gasteiger partial charge in [-0.05, 0) is 27.3 Å². The van der Waals surface area contributed by atoms with Crippen molar-refractivity contribution >= 4 is 16.7 Å². The number of nitrogens with zero attached hydrogens (tertiary/aromatic N) is 4. The predicted octanol–water partition coefficient (Wildman–Crippen LogP) is 1.03. The number of aliphatic hydroxyl groups excluding tert-OH is 1. The second-order valence-corrected chi connectivity index (χ2v) is 4.67. The van der Waals surface area contributed by atoms with Crippen molar-refractivity contribution in [1.82, 2.24) is 20.2 Å². The molecule has 0 fully saturated rings. The van der Waals surface area contributed by atoms with E-state index in [1.54, 1.807) is 0 Å². The van der Waals surface area contributed by atoms with E-state index in [0.29, 0.717) is 5.82 Å². The Bertz CT molecular complexity index is 800. The molecule has 3 aromatic rings. The second-order valence-electron chi connectivity index (χ2n) is 4.67. The number of carbonyl (C=O) groups is 1. The molecule has 0 atom stereocenters. The Balaban J connectivity index is 1.88. The van der Waals surface area contributed by atoms with Gasteiger partial charge in [-0.25, -0.2) is 4.68 Å². The lowest BCUT2D eigenvalue weighted by Crippen LogP contribution is -2.17. The molecule has 22 heavy (non-hydrogen) atoms. The lowest BCUT2D eigenvalue weighted by Gasteiger charge is -2.06. The molecule has 1 N–H and O–H groups in total. The average molecular weight is 298 g/mol. The van der Waals surface area contributed by atoms with Gasteiger partial charge in [-0.15, -0.1) is 5.10 Å². The van der Waals surface area contributed by atoms with Crippen LogP contribution in [0.5, 0.6) is 0 Å². The van der Waals surface area contributed by atoms with Crippen LogP contribution in [0.25, 0.3) is 22.2 Å². The summed E-state index contributed by atoms with van der Waals surface area (Å²) >= 11 is 0. The fourth-order valence-corrected chi connectivity index (χ4v) is 2.17. The molecule has 0 aliphatic rings. The van der Waals surface area contributed by atoms with Crippen LogP contribution in [0.15, 0.2) is 42.5 Å². The fraction of sp³-hybridized carbons (Fsp3) is 0.200. The van der Waals surface area contributed by atoms with Gasteiger partial charge in [0.1, 0.15) is 13.2 Å². The number of rotatable bonds is 5. The van der Waals surface area contributed by atoms with Gasteiger partial charge in [0.2, 0.25) is 0 Å². The van der Waals surface area contributed by atoms with Crippen LogP contribution in [-0.4, -0.2) is 44.5 Å². The average Bonchev–Trinajstić information content (AvgIpc) is 3.00. The van der Waals surface area contributed by atoms with Gasteiger partial charge in [0.05, 0.1) is 6.61 Å². The monoisotopic (exact) mass is 298 g/mol. The largest absolute Gasteiger partial charge is 0.462 e. The Morgan fingerprint density at radius 3 is 2.82 bits per heavy atom. The number of benzene rings is 2. The third-order valence-corrected chi connectivity index (χ3v) is 3.17. The number of esters is 1. The van der Waals surface area contributed by atoms with E-state index in [9.17, 15) is 4.79 Å². The first-order chi connectivity index (χ1) is 10.8. The molecule has 0 saturated heterocycles. The summed E-state index contributed by atoms with van der Waals surface area (Å²) in [6.45, 7) is -0.347. The summed E-state index contributed by atoms with van der Waals surface area (Å²) in [6, 6.07) is 13.8. The maximum Gasteiger partial charge on any atom is 0.328 e. The third-order valence-electron chi connectivity index (χ3n) is 3.17. The molecule has 3 rings (SSSR count).